The Morgan fingerprint density at radius 3 is 2.59 bits per heavy atom. The van der Waals surface area contributed by atoms with Crippen molar-refractivity contribution in [1.29, 1.82) is 0 Å². The summed E-state index contributed by atoms with van der Waals surface area (Å²) in [5.41, 5.74) is 1.65. The molecule has 0 saturated carbocycles. The van der Waals surface area contributed by atoms with E-state index in [1.54, 1.807) is 42.5 Å². The Labute approximate surface area is 168 Å². The first-order valence-corrected chi connectivity index (χ1v) is 8.84. The van der Waals surface area contributed by atoms with Crippen molar-refractivity contribution in [2.24, 2.45) is 0 Å². The van der Waals surface area contributed by atoms with Crippen molar-refractivity contribution in [3.8, 4) is 11.5 Å². The number of carbonyl (C=O) groups is 3. The maximum absolute atomic E-state index is 12.9. The van der Waals surface area contributed by atoms with E-state index in [1.165, 1.54) is 13.2 Å². The van der Waals surface area contributed by atoms with Crippen molar-refractivity contribution >= 4 is 29.6 Å². The molecule has 0 atom stereocenters. The van der Waals surface area contributed by atoms with Crippen LogP contribution in [0.1, 0.15) is 11.1 Å². The molecule has 0 radical (unpaired) electrons. The lowest BCUT2D eigenvalue weighted by Crippen LogP contribution is -2.54. The lowest BCUT2D eigenvalue weighted by atomic mass is 10.1. The Kier molecular flexibility index (Phi) is 5.78. The van der Waals surface area contributed by atoms with E-state index in [1.807, 2.05) is 13.0 Å². The van der Waals surface area contributed by atoms with Gasteiger partial charge >= 0.3 is 6.03 Å². The fraction of sp³-hybridized carbons (Fsp3) is 0.136. The maximum atomic E-state index is 12.9. The summed E-state index contributed by atoms with van der Waals surface area (Å²) < 4.78 is 10.8. The van der Waals surface area contributed by atoms with Crippen molar-refractivity contribution in [3.63, 3.8) is 0 Å². The number of rotatable bonds is 6. The molecule has 1 saturated heterocycles. The van der Waals surface area contributed by atoms with Gasteiger partial charge in [0, 0.05) is 0 Å². The van der Waals surface area contributed by atoms with Crippen LogP contribution in [0.2, 0.25) is 0 Å². The van der Waals surface area contributed by atoms with Crippen LogP contribution in [0.15, 0.2) is 60.7 Å². The predicted molar refractivity (Wildman–Crippen MR) is 109 cm³/mol. The number of carbonyl (C=O) groups excluding carboxylic acids is 3. The minimum atomic E-state index is -0.784. The number of imide groups is 2. The summed E-state index contributed by atoms with van der Waals surface area (Å²) in [5, 5.41) is 2.21. The first-order chi connectivity index (χ1) is 13.9. The van der Waals surface area contributed by atoms with E-state index in [4.69, 9.17) is 9.47 Å². The number of hydrogen-bond donors (Lipinski definition) is 1. The number of amides is 4. The van der Waals surface area contributed by atoms with Gasteiger partial charge in [0.25, 0.3) is 11.8 Å². The molecule has 0 aromatic heterocycles. The first-order valence-electron chi connectivity index (χ1n) is 8.84. The highest BCUT2D eigenvalue weighted by Gasteiger charge is 2.36. The molecule has 0 spiro atoms. The number of methoxy groups -OCH3 is 1. The number of ether oxygens (including phenoxy) is 2. The lowest BCUT2D eigenvalue weighted by Gasteiger charge is -2.26. The molecule has 1 N–H and O–H groups in total. The molecule has 2 aromatic rings. The van der Waals surface area contributed by atoms with Gasteiger partial charge in [-0.25, -0.2) is 9.69 Å². The summed E-state index contributed by atoms with van der Waals surface area (Å²) >= 11 is 0. The van der Waals surface area contributed by atoms with Gasteiger partial charge in [-0.05, 0) is 48.4 Å². The maximum Gasteiger partial charge on any atom is 0.335 e. The Hall–Kier alpha value is -3.87. The van der Waals surface area contributed by atoms with Gasteiger partial charge in [-0.15, -0.1) is 0 Å². The second-order valence-electron chi connectivity index (χ2n) is 6.31. The Bertz CT molecular complexity index is 1030. The third-order valence-electron chi connectivity index (χ3n) is 4.22. The number of nitrogens with zero attached hydrogens (tertiary/aromatic N) is 1. The fourth-order valence-electron chi connectivity index (χ4n) is 2.87. The molecule has 1 fully saturated rings. The molecule has 0 unspecified atom stereocenters. The average molecular weight is 392 g/mol. The SMILES string of the molecule is C=CCOc1ccc(/C=C2\C(=O)NC(=O)N(c3cccc(C)c3)C2=O)cc1OC. The zero-order chi connectivity index (χ0) is 21.0. The molecule has 29 heavy (non-hydrogen) atoms. The standard InChI is InChI=1S/C22H20N2O5/c1-4-10-29-18-9-8-15(13-19(18)28-3)12-17-20(25)23-22(27)24(21(17)26)16-7-5-6-14(2)11-16/h4-9,11-13H,1,10H2,2-3H3,(H,23,25,27)/b17-12+. The highest BCUT2D eigenvalue weighted by Crippen LogP contribution is 2.30. The summed E-state index contributed by atoms with van der Waals surface area (Å²) in [6, 6.07) is 11.1. The van der Waals surface area contributed by atoms with Gasteiger partial charge in [-0.3, -0.25) is 14.9 Å². The summed E-state index contributed by atoms with van der Waals surface area (Å²) in [4.78, 5) is 38.5. The third-order valence-corrected chi connectivity index (χ3v) is 4.22. The van der Waals surface area contributed by atoms with Gasteiger partial charge < -0.3 is 9.47 Å². The van der Waals surface area contributed by atoms with Crippen LogP contribution in [0.5, 0.6) is 11.5 Å². The molecule has 4 amide bonds. The molecule has 7 heteroatoms. The number of nitrogens with one attached hydrogen (secondary N) is 1. The number of aryl methyl sites for hydroxylation is 1. The van der Waals surface area contributed by atoms with Gasteiger partial charge in [0.1, 0.15) is 12.2 Å². The minimum Gasteiger partial charge on any atom is -0.493 e. The van der Waals surface area contributed by atoms with Crippen molar-refractivity contribution < 1.29 is 23.9 Å². The van der Waals surface area contributed by atoms with Crippen LogP contribution in [0, 0.1) is 6.92 Å². The zero-order valence-electron chi connectivity index (χ0n) is 16.1. The Morgan fingerprint density at radius 1 is 1.10 bits per heavy atom. The lowest BCUT2D eigenvalue weighted by molar-refractivity contribution is -0.122. The highest BCUT2D eigenvalue weighted by atomic mass is 16.5. The van der Waals surface area contributed by atoms with E-state index in [0.717, 1.165) is 10.5 Å². The van der Waals surface area contributed by atoms with Gasteiger partial charge in [-0.1, -0.05) is 30.9 Å². The molecular weight excluding hydrogens is 372 g/mol. The largest absolute Gasteiger partial charge is 0.493 e. The molecule has 1 heterocycles. The molecule has 0 bridgehead atoms. The van der Waals surface area contributed by atoms with Crippen LogP contribution < -0.4 is 19.7 Å². The van der Waals surface area contributed by atoms with Crippen LogP contribution in [0.3, 0.4) is 0 Å². The summed E-state index contributed by atoms with van der Waals surface area (Å²) in [7, 11) is 1.49. The summed E-state index contributed by atoms with van der Waals surface area (Å²) in [5.74, 6) is -0.507. The zero-order valence-corrected chi connectivity index (χ0v) is 16.1. The van der Waals surface area contributed by atoms with Gasteiger partial charge in [0.05, 0.1) is 12.8 Å². The van der Waals surface area contributed by atoms with Gasteiger partial charge in [0.15, 0.2) is 11.5 Å². The second-order valence-corrected chi connectivity index (χ2v) is 6.31. The molecule has 2 aromatic carbocycles. The van der Waals surface area contributed by atoms with Crippen LogP contribution in [0.25, 0.3) is 6.08 Å². The minimum absolute atomic E-state index is 0.159. The second kappa shape index (κ2) is 8.43. The van der Waals surface area contributed by atoms with Crippen LogP contribution >= 0.6 is 0 Å². The van der Waals surface area contributed by atoms with E-state index in [2.05, 4.69) is 11.9 Å². The number of hydrogen-bond acceptors (Lipinski definition) is 5. The smallest absolute Gasteiger partial charge is 0.335 e. The number of anilines is 1. The topological polar surface area (TPSA) is 84.9 Å². The van der Waals surface area contributed by atoms with Crippen molar-refractivity contribution in [2.45, 2.75) is 6.92 Å². The summed E-state index contributed by atoms with van der Waals surface area (Å²) in [6.45, 7) is 5.75. The Morgan fingerprint density at radius 2 is 1.90 bits per heavy atom. The number of urea groups is 1. The fourth-order valence-corrected chi connectivity index (χ4v) is 2.87. The van der Waals surface area contributed by atoms with E-state index in [9.17, 15) is 14.4 Å². The molecular formula is C22H20N2O5. The third kappa shape index (κ3) is 4.19. The monoisotopic (exact) mass is 392 g/mol. The number of benzene rings is 2. The average Bonchev–Trinajstić information content (AvgIpc) is 2.69. The van der Waals surface area contributed by atoms with Crippen LogP contribution in [-0.4, -0.2) is 31.6 Å². The molecule has 1 aliphatic heterocycles. The van der Waals surface area contributed by atoms with Crippen LogP contribution in [-0.2, 0) is 9.59 Å². The Balaban J connectivity index is 1.97. The van der Waals surface area contributed by atoms with E-state index in [-0.39, 0.29) is 5.57 Å². The quantitative estimate of drug-likeness (QED) is 0.463. The molecule has 0 aliphatic carbocycles. The first kappa shape index (κ1) is 19.9. The highest BCUT2D eigenvalue weighted by molar-refractivity contribution is 6.39. The molecule has 3 rings (SSSR count). The molecule has 7 nitrogen and oxygen atoms in total. The predicted octanol–water partition coefficient (Wildman–Crippen LogP) is 3.23. The van der Waals surface area contributed by atoms with Crippen LogP contribution in [0.4, 0.5) is 10.5 Å². The van der Waals surface area contributed by atoms with Crippen molar-refractivity contribution in [2.75, 3.05) is 18.6 Å². The van der Waals surface area contributed by atoms with Crippen molar-refractivity contribution in [3.05, 3.63) is 71.8 Å². The van der Waals surface area contributed by atoms with Gasteiger partial charge in [0.2, 0.25) is 0 Å². The molecule has 1 aliphatic rings. The molecule has 148 valence electrons. The van der Waals surface area contributed by atoms with E-state index < -0.39 is 17.8 Å². The number of barbiturate groups is 1. The normalized spacial score (nSPS) is 15.3. The summed E-state index contributed by atoms with van der Waals surface area (Å²) in [6.07, 6.45) is 3.02. The van der Waals surface area contributed by atoms with Gasteiger partial charge in [-0.2, -0.15) is 0 Å². The van der Waals surface area contributed by atoms with Crippen molar-refractivity contribution in [1.82, 2.24) is 5.32 Å². The van der Waals surface area contributed by atoms with E-state index >= 15 is 0 Å². The van der Waals surface area contributed by atoms with E-state index in [0.29, 0.717) is 29.4 Å².